The van der Waals surface area contributed by atoms with E-state index < -0.39 is 0 Å². The molecule has 1 aliphatic heterocycles. The fourth-order valence-corrected chi connectivity index (χ4v) is 4.17. The summed E-state index contributed by atoms with van der Waals surface area (Å²) >= 11 is 1.51. The first-order chi connectivity index (χ1) is 12.5. The summed E-state index contributed by atoms with van der Waals surface area (Å²) in [5, 5.41) is -0.207. The molecule has 2 aromatic carbocycles. The van der Waals surface area contributed by atoms with E-state index in [1.807, 2.05) is 6.92 Å². The van der Waals surface area contributed by atoms with Crippen molar-refractivity contribution in [2.75, 3.05) is 17.3 Å². The largest absolute Gasteiger partial charge is 0.462 e. The summed E-state index contributed by atoms with van der Waals surface area (Å²) in [5.74, 6) is -0.304. The zero-order valence-corrected chi connectivity index (χ0v) is 15.5. The highest BCUT2D eigenvalue weighted by atomic mass is 32.2. The van der Waals surface area contributed by atoms with E-state index in [2.05, 4.69) is 0 Å². The van der Waals surface area contributed by atoms with Gasteiger partial charge < -0.3 is 4.74 Å². The standard InChI is InChI=1S/C20H20FNO3S/c1-3-13-11-15(20(24)25-4-2)7-10-17(13)22-18(23)12-26-19(22)14-5-8-16(21)9-6-14/h5-11,19H,3-4,12H2,1-2H3. The van der Waals surface area contributed by atoms with Gasteiger partial charge in [0.2, 0.25) is 5.91 Å². The summed E-state index contributed by atoms with van der Waals surface area (Å²) in [6.45, 7) is 4.06. The number of aryl methyl sites for hydroxylation is 1. The quantitative estimate of drug-likeness (QED) is 0.732. The molecule has 0 aliphatic carbocycles. The van der Waals surface area contributed by atoms with Crippen molar-refractivity contribution in [1.29, 1.82) is 0 Å². The number of rotatable bonds is 5. The fourth-order valence-electron chi connectivity index (χ4n) is 3.00. The first-order valence-corrected chi connectivity index (χ1v) is 9.59. The third-order valence-corrected chi connectivity index (χ3v) is 5.47. The van der Waals surface area contributed by atoms with Gasteiger partial charge in [0.25, 0.3) is 0 Å². The molecule has 1 atom stereocenters. The number of thioether (sulfide) groups is 1. The molecule has 4 nitrogen and oxygen atoms in total. The van der Waals surface area contributed by atoms with Crippen LogP contribution in [0.1, 0.15) is 40.7 Å². The summed E-state index contributed by atoms with van der Waals surface area (Å²) in [6.07, 6.45) is 0.674. The van der Waals surface area contributed by atoms with E-state index in [9.17, 15) is 14.0 Å². The normalized spacial score (nSPS) is 16.8. The Morgan fingerprint density at radius 3 is 2.62 bits per heavy atom. The SMILES string of the molecule is CCOC(=O)c1ccc(N2C(=O)CSC2c2ccc(F)cc2)c(CC)c1. The van der Waals surface area contributed by atoms with Crippen LogP contribution < -0.4 is 4.90 Å². The smallest absolute Gasteiger partial charge is 0.338 e. The molecule has 1 heterocycles. The molecule has 26 heavy (non-hydrogen) atoms. The minimum absolute atomic E-state index is 0.00269. The number of hydrogen-bond acceptors (Lipinski definition) is 4. The molecular weight excluding hydrogens is 353 g/mol. The third kappa shape index (κ3) is 3.60. The van der Waals surface area contributed by atoms with Crippen LogP contribution in [0.3, 0.4) is 0 Å². The van der Waals surface area contributed by atoms with E-state index in [0.717, 1.165) is 16.8 Å². The number of esters is 1. The molecule has 0 bridgehead atoms. The molecule has 1 saturated heterocycles. The number of benzene rings is 2. The van der Waals surface area contributed by atoms with Crippen LogP contribution in [-0.2, 0) is 16.0 Å². The number of amides is 1. The monoisotopic (exact) mass is 373 g/mol. The van der Waals surface area contributed by atoms with Crippen molar-refractivity contribution < 1.29 is 18.7 Å². The van der Waals surface area contributed by atoms with Crippen LogP contribution in [-0.4, -0.2) is 24.2 Å². The Kier molecular flexibility index (Phi) is 5.61. The predicted octanol–water partition coefficient (Wildman–Crippen LogP) is 4.34. The van der Waals surface area contributed by atoms with Gasteiger partial charge in [0.05, 0.1) is 17.9 Å². The zero-order valence-electron chi connectivity index (χ0n) is 14.7. The van der Waals surface area contributed by atoms with Gasteiger partial charge in [-0.05, 0) is 54.8 Å². The molecule has 0 saturated carbocycles. The fraction of sp³-hybridized carbons (Fsp3) is 0.300. The summed E-state index contributed by atoms with van der Waals surface area (Å²) in [7, 11) is 0. The minimum Gasteiger partial charge on any atom is -0.462 e. The first kappa shape index (κ1) is 18.5. The van der Waals surface area contributed by atoms with Crippen LogP contribution in [0.4, 0.5) is 10.1 Å². The van der Waals surface area contributed by atoms with E-state index in [4.69, 9.17) is 4.74 Å². The molecule has 6 heteroatoms. The molecule has 1 unspecified atom stereocenters. The van der Waals surface area contributed by atoms with Crippen molar-refractivity contribution in [3.63, 3.8) is 0 Å². The second kappa shape index (κ2) is 7.91. The minimum atomic E-state index is -0.369. The molecule has 3 rings (SSSR count). The first-order valence-electron chi connectivity index (χ1n) is 8.54. The van der Waals surface area contributed by atoms with E-state index >= 15 is 0 Å². The molecule has 1 aliphatic rings. The van der Waals surface area contributed by atoms with Crippen LogP contribution in [0.5, 0.6) is 0 Å². The Morgan fingerprint density at radius 1 is 1.23 bits per heavy atom. The van der Waals surface area contributed by atoms with Gasteiger partial charge >= 0.3 is 5.97 Å². The summed E-state index contributed by atoms with van der Waals surface area (Å²) in [5.41, 5.74) is 3.03. The van der Waals surface area contributed by atoms with Crippen LogP contribution in [0.15, 0.2) is 42.5 Å². The van der Waals surface area contributed by atoms with Gasteiger partial charge in [-0.15, -0.1) is 11.8 Å². The maximum Gasteiger partial charge on any atom is 0.338 e. The van der Waals surface area contributed by atoms with Crippen LogP contribution in [0.2, 0.25) is 0 Å². The maximum absolute atomic E-state index is 13.2. The van der Waals surface area contributed by atoms with Crippen molar-refractivity contribution >= 4 is 29.3 Å². The number of halogens is 1. The lowest BCUT2D eigenvalue weighted by molar-refractivity contribution is -0.115. The lowest BCUT2D eigenvalue weighted by Gasteiger charge is -2.26. The van der Waals surface area contributed by atoms with Gasteiger partial charge in [-0.2, -0.15) is 0 Å². The van der Waals surface area contributed by atoms with Gasteiger partial charge in [0.15, 0.2) is 0 Å². The van der Waals surface area contributed by atoms with Crippen molar-refractivity contribution in [1.82, 2.24) is 0 Å². The lowest BCUT2D eigenvalue weighted by Crippen LogP contribution is -2.29. The average molecular weight is 373 g/mol. The second-order valence-corrected chi connectivity index (χ2v) is 6.96. The van der Waals surface area contributed by atoms with Crippen LogP contribution >= 0.6 is 11.8 Å². The van der Waals surface area contributed by atoms with Crippen molar-refractivity contribution in [2.24, 2.45) is 0 Å². The van der Waals surface area contributed by atoms with E-state index in [-0.39, 0.29) is 23.1 Å². The van der Waals surface area contributed by atoms with Gasteiger partial charge in [-0.3, -0.25) is 9.69 Å². The summed E-state index contributed by atoms with van der Waals surface area (Å²) in [4.78, 5) is 26.3. The van der Waals surface area contributed by atoms with Crippen LogP contribution in [0.25, 0.3) is 0 Å². The summed E-state index contributed by atoms with van der Waals surface area (Å²) < 4.78 is 18.3. The van der Waals surface area contributed by atoms with Crippen LogP contribution in [0, 0.1) is 5.82 Å². The van der Waals surface area contributed by atoms with E-state index in [0.29, 0.717) is 24.3 Å². The molecule has 1 amide bonds. The molecule has 0 radical (unpaired) electrons. The Balaban J connectivity index is 1.98. The lowest BCUT2D eigenvalue weighted by atomic mass is 10.0. The van der Waals surface area contributed by atoms with Crippen molar-refractivity contribution in [3.8, 4) is 0 Å². The van der Waals surface area contributed by atoms with Gasteiger partial charge in [0.1, 0.15) is 11.2 Å². The Bertz CT molecular complexity index is 822. The number of hydrogen-bond donors (Lipinski definition) is 0. The highest BCUT2D eigenvalue weighted by Crippen LogP contribution is 2.43. The molecular formula is C20H20FNO3S. The Morgan fingerprint density at radius 2 is 1.96 bits per heavy atom. The number of carbonyl (C=O) groups excluding carboxylic acids is 2. The second-order valence-electron chi connectivity index (χ2n) is 5.90. The van der Waals surface area contributed by atoms with Gasteiger partial charge in [-0.25, -0.2) is 9.18 Å². The maximum atomic E-state index is 13.2. The van der Waals surface area contributed by atoms with Gasteiger partial charge in [0, 0.05) is 5.69 Å². The van der Waals surface area contributed by atoms with E-state index in [1.54, 1.807) is 42.2 Å². The number of ether oxygens (including phenoxy) is 1. The average Bonchev–Trinajstić information content (AvgIpc) is 3.03. The number of anilines is 1. The topological polar surface area (TPSA) is 46.6 Å². The number of nitrogens with zero attached hydrogens (tertiary/aromatic N) is 1. The third-order valence-electron chi connectivity index (χ3n) is 4.25. The Labute approximate surface area is 156 Å². The van der Waals surface area contributed by atoms with Crippen molar-refractivity contribution in [2.45, 2.75) is 25.6 Å². The zero-order chi connectivity index (χ0) is 18.7. The van der Waals surface area contributed by atoms with Gasteiger partial charge in [-0.1, -0.05) is 19.1 Å². The highest BCUT2D eigenvalue weighted by Gasteiger charge is 2.35. The highest BCUT2D eigenvalue weighted by molar-refractivity contribution is 8.00. The molecule has 0 aromatic heterocycles. The molecule has 0 N–H and O–H groups in total. The molecule has 136 valence electrons. The summed E-state index contributed by atoms with van der Waals surface area (Å²) in [6, 6.07) is 11.5. The van der Waals surface area contributed by atoms with Crippen molar-refractivity contribution in [3.05, 3.63) is 65.0 Å². The number of carbonyl (C=O) groups is 2. The predicted molar refractivity (Wildman–Crippen MR) is 101 cm³/mol. The van der Waals surface area contributed by atoms with E-state index in [1.165, 1.54) is 23.9 Å². The molecule has 2 aromatic rings. The molecule has 1 fully saturated rings. The Hall–Kier alpha value is -2.34. The molecule has 0 spiro atoms.